The molecule has 0 saturated carbocycles. The summed E-state index contributed by atoms with van der Waals surface area (Å²) < 4.78 is 0. The summed E-state index contributed by atoms with van der Waals surface area (Å²) in [6.07, 6.45) is -4.62. The molecule has 0 radical (unpaired) electrons. The molecule has 44 heteroatoms. The number of carboxylic acids is 3. The van der Waals surface area contributed by atoms with Crippen molar-refractivity contribution in [1.82, 2.24) is 79.8 Å². The lowest BCUT2D eigenvalue weighted by Gasteiger charge is -2.35. The first-order valence-corrected chi connectivity index (χ1v) is 43.3. The number of aliphatic carboxylic acids is 3. The number of rotatable bonds is 49. The topological polar surface area (TPSA) is 727 Å². The minimum atomic E-state index is -2.11. The first-order valence-electron chi connectivity index (χ1n) is 43.3. The number of amides is 17. The zero-order valence-electron chi connectivity index (χ0n) is 75.2. The van der Waals surface area contributed by atoms with Crippen LogP contribution in [0.4, 0.5) is 0 Å². The summed E-state index contributed by atoms with van der Waals surface area (Å²) in [5.74, 6) is -24.2. The lowest BCUT2D eigenvalue weighted by atomic mass is 9.90. The summed E-state index contributed by atoms with van der Waals surface area (Å²) in [7, 11) is 0. The van der Waals surface area contributed by atoms with Gasteiger partial charge in [-0.1, -0.05) is 121 Å². The number of hydrogen-bond donors (Lipinski definition) is 24. The van der Waals surface area contributed by atoms with Gasteiger partial charge >= 0.3 is 17.9 Å². The van der Waals surface area contributed by atoms with Gasteiger partial charge in [0.2, 0.25) is 100 Å². The highest BCUT2D eigenvalue weighted by Crippen LogP contribution is 2.23. The van der Waals surface area contributed by atoms with Crippen molar-refractivity contribution < 1.29 is 121 Å². The largest absolute Gasteiger partial charge is 0.481 e. The molecule has 1 heterocycles. The van der Waals surface area contributed by atoms with Crippen molar-refractivity contribution in [1.29, 1.82) is 0 Å². The Labute approximate surface area is 754 Å². The molecule has 0 spiro atoms. The summed E-state index contributed by atoms with van der Waals surface area (Å²) in [6, 6.07) is -2.18. The molecule has 17 amide bonds. The smallest absolute Gasteiger partial charge is 0.326 e. The summed E-state index contributed by atoms with van der Waals surface area (Å²) in [5.41, 5.74) is 20.3. The van der Waals surface area contributed by atoms with Crippen LogP contribution in [0.3, 0.4) is 0 Å². The Kier molecular flexibility index (Phi) is 48.1. The van der Waals surface area contributed by atoms with Crippen molar-refractivity contribution in [3.8, 4) is 0 Å². The van der Waals surface area contributed by atoms with E-state index in [1.807, 2.05) is 11.4 Å². The van der Waals surface area contributed by atoms with Gasteiger partial charge in [0.1, 0.15) is 77.5 Å². The maximum Gasteiger partial charge on any atom is 0.326 e. The number of unbranched alkanes of at least 4 members (excludes halogenated alkanes) is 1. The van der Waals surface area contributed by atoms with Gasteiger partial charge in [-0.05, 0) is 153 Å². The van der Waals surface area contributed by atoms with Crippen LogP contribution in [0, 0.1) is 17.8 Å². The average molecular weight is 1830 g/mol. The van der Waals surface area contributed by atoms with Crippen LogP contribution in [0.5, 0.6) is 0 Å². The van der Waals surface area contributed by atoms with E-state index in [2.05, 4.69) is 74.4 Å². The van der Waals surface area contributed by atoms with Crippen molar-refractivity contribution >= 4 is 118 Å². The Morgan fingerprint density at radius 1 is 0.508 bits per heavy atom. The summed E-state index contributed by atoms with van der Waals surface area (Å²) >= 11 is 0. The SMILES string of the molecule is CC[C@H](C)[C@H](NC(=O)CNC(=O)[C@H](Cc1ccccc1)NC(=O)[C@@H](N)Cc1ccccc1)C(=O)N[C@@]1(C)CCC/C=C\CCC[C@@](C)(C(=O)N[C@@H](CC(C)C)C(=O)N[C@@H](CCCCN)C(=O)N[C@H](C(=O)N[C@@H](CCC(=O)O)C(=O)N[C@@H](CCC(=O)O)C(=O)NCC(=O)N[C@@H](CC(N)=O)C(=O)O)[C@@H](C)O)NC(=O)[C@H](CC(N)=O)NC(=O)[C@H]([C@@H](C)O)NC(=O)[C@H](CC(C)C)NC1=O. The molecular weight excluding hydrogens is 1700 g/mol. The van der Waals surface area contributed by atoms with Crippen LogP contribution in [0.1, 0.15) is 196 Å². The molecule has 130 heavy (non-hydrogen) atoms. The second kappa shape index (κ2) is 56.0. The number of primary amides is 2. The zero-order chi connectivity index (χ0) is 97.9. The van der Waals surface area contributed by atoms with Crippen LogP contribution < -0.4 is 103 Å². The van der Waals surface area contributed by atoms with Crippen molar-refractivity contribution in [3.05, 3.63) is 83.9 Å². The van der Waals surface area contributed by atoms with E-state index in [9.17, 15) is 112 Å². The molecule has 3 rings (SSSR count). The molecule has 0 aliphatic carbocycles. The van der Waals surface area contributed by atoms with Crippen molar-refractivity contribution in [3.63, 3.8) is 0 Å². The molecule has 1 aliphatic rings. The van der Waals surface area contributed by atoms with Gasteiger partial charge in [0, 0.05) is 19.3 Å². The van der Waals surface area contributed by atoms with Crippen LogP contribution in [0.15, 0.2) is 72.8 Å². The van der Waals surface area contributed by atoms with Gasteiger partial charge in [-0.15, -0.1) is 0 Å². The van der Waals surface area contributed by atoms with Crippen LogP contribution in [0.2, 0.25) is 0 Å². The monoisotopic (exact) mass is 1830 g/mol. The Morgan fingerprint density at radius 2 is 1.02 bits per heavy atom. The first kappa shape index (κ1) is 112. The predicted molar refractivity (Wildman–Crippen MR) is 469 cm³/mol. The van der Waals surface area contributed by atoms with E-state index in [0.29, 0.717) is 12.0 Å². The Hall–Kier alpha value is -12.6. The zero-order valence-corrected chi connectivity index (χ0v) is 75.2. The number of allylic oxidation sites excluding steroid dienone is 2. The molecule has 44 nitrogen and oxygen atoms in total. The Morgan fingerprint density at radius 3 is 1.52 bits per heavy atom. The molecule has 17 atom stereocenters. The third-order valence-corrected chi connectivity index (χ3v) is 21.3. The standard InChI is InChI=1S/C86H133N19O25/c1-11-48(6)68(101-65(111)45-92-73(118)59(41-52-28-20-17-21-29-52)97-71(116)53(88)40-51-26-18-16-19-27-51)81(126)105-86(10)36-24-15-13-12-14-23-35-85(9,104-78(123)60(42-62(89)108)98-80(125)70(50(8)107)103-77(122)58(39-47(4)5)100-84(86)130)83(129)99-57(38-46(2)3)76(121)94-54(30-22-25-37-87)75(120)102-69(49(7)106)79(124)96-56(32-34-67(114)115)74(119)95-55(31-33-66(112)113)72(117)91-44-64(110)93-61(82(127)128)43-63(90)109/h12-13,16-21,26-29,46-50,53-61,68-70,106-107H,11,14-15,22-25,30-45,87-88H2,1-10H3,(H2,89,108)(H2,90,109)(H,91,117)(H,92,118)(H,93,110)(H,94,121)(H,95,119)(H,96,124)(H,97,116)(H,98,125)(H,99,129)(H,100,130)(H,101,111)(H,102,120)(H,103,122)(H,104,123)(H,105,126)(H,112,113)(H,114,115)(H,127,128)/b13-12-/t48-,49+,50+,53-,54-,55-,56-,57-,58-,59-,60-,61-,68-,69-,70-,85-,86-/m0/s1. The van der Waals surface area contributed by atoms with E-state index in [4.69, 9.17) is 22.9 Å². The number of aliphatic hydroxyl groups excluding tert-OH is 2. The Balaban J connectivity index is 2.05. The van der Waals surface area contributed by atoms with Gasteiger partial charge in [0.05, 0.1) is 44.2 Å². The molecule has 2 aromatic rings. The maximum absolute atomic E-state index is 15.2. The highest BCUT2D eigenvalue weighted by Gasteiger charge is 2.45. The molecule has 1 aliphatic heterocycles. The van der Waals surface area contributed by atoms with Crippen LogP contribution >= 0.6 is 0 Å². The van der Waals surface area contributed by atoms with Crippen molar-refractivity contribution in [2.45, 2.75) is 293 Å². The minimum absolute atomic E-state index is 0.0113. The second-order valence-electron chi connectivity index (χ2n) is 33.8. The number of nitrogens with two attached hydrogens (primary N) is 4. The van der Waals surface area contributed by atoms with Crippen LogP contribution in [0.25, 0.3) is 0 Å². The molecule has 0 fully saturated rings. The lowest BCUT2D eigenvalue weighted by Crippen LogP contribution is -2.66. The van der Waals surface area contributed by atoms with E-state index in [-0.39, 0.29) is 95.9 Å². The minimum Gasteiger partial charge on any atom is -0.481 e. The number of aliphatic hydroxyl groups is 2. The molecule has 0 bridgehead atoms. The molecule has 0 saturated heterocycles. The number of carboxylic acid groups (broad SMARTS) is 3. The number of hydrogen-bond acceptors (Lipinski definition) is 24. The average Bonchev–Trinajstić information content (AvgIpc) is 0.866. The van der Waals surface area contributed by atoms with Gasteiger partial charge < -0.3 is 128 Å². The fourth-order valence-corrected chi connectivity index (χ4v) is 13.7. The van der Waals surface area contributed by atoms with E-state index in [1.165, 1.54) is 13.8 Å². The molecule has 28 N–H and O–H groups in total. The van der Waals surface area contributed by atoms with Crippen molar-refractivity contribution in [2.75, 3.05) is 19.6 Å². The number of carbonyl (C=O) groups excluding carboxylic acids is 17. The molecular formula is C86H133N19O25. The van der Waals surface area contributed by atoms with Gasteiger partial charge in [-0.2, -0.15) is 0 Å². The molecule has 0 aromatic heterocycles. The molecule has 0 unspecified atom stereocenters. The fourth-order valence-electron chi connectivity index (χ4n) is 13.7. The summed E-state index contributed by atoms with van der Waals surface area (Å²) in [6.45, 7) is 13.4. The highest BCUT2D eigenvalue weighted by molar-refractivity contribution is 6.03. The van der Waals surface area contributed by atoms with E-state index in [1.54, 1.807) is 108 Å². The van der Waals surface area contributed by atoms with E-state index < -0.39 is 278 Å². The number of benzene rings is 2. The lowest BCUT2D eigenvalue weighted by molar-refractivity contribution is -0.143. The number of carbonyl (C=O) groups is 20. The quantitative estimate of drug-likeness (QED) is 0.0220. The normalized spacial score (nSPS) is 20.1. The van der Waals surface area contributed by atoms with Gasteiger partial charge in [0.25, 0.3) is 0 Å². The van der Waals surface area contributed by atoms with Crippen LogP contribution in [-0.4, -0.2) is 259 Å². The number of nitrogens with one attached hydrogen (secondary N) is 15. The molecule has 722 valence electrons. The Bertz CT molecular complexity index is 4250. The van der Waals surface area contributed by atoms with E-state index >= 15 is 9.59 Å². The third kappa shape index (κ3) is 40.4. The van der Waals surface area contributed by atoms with Gasteiger partial charge in [-0.25, -0.2) is 4.79 Å². The summed E-state index contributed by atoms with van der Waals surface area (Å²) in [4.78, 5) is 274. The maximum atomic E-state index is 15.2. The second-order valence-corrected chi connectivity index (χ2v) is 33.8. The van der Waals surface area contributed by atoms with Gasteiger partial charge in [-0.3, -0.25) is 91.1 Å². The first-order chi connectivity index (χ1) is 61.0. The third-order valence-electron chi connectivity index (χ3n) is 21.3. The van der Waals surface area contributed by atoms with Crippen LogP contribution in [-0.2, 0) is 109 Å². The fraction of sp³-hybridized carbons (Fsp3) is 0.605. The summed E-state index contributed by atoms with van der Waals surface area (Å²) in [5, 5.41) is 87.6. The van der Waals surface area contributed by atoms with Gasteiger partial charge in [0.15, 0.2) is 0 Å². The van der Waals surface area contributed by atoms with E-state index in [0.717, 1.165) is 19.4 Å². The van der Waals surface area contributed by atoms with Crippen molar-refractivity contribution in [2.24, 2.45) is 40.7 Å². The highest BCUT2D eigenvalue weighted by atomic mass is 16.4. The predicted octanol–water partition coefficient (Wildman–Crippen LogP) is -4.38. The molecule has 2 aromatic carbocycles.